The van der Waals surface area contributed by atoms with Gasteiger partial charge in [0.15, 0.2) is 0 Å². The molecule has 162 valence electrons. The summed E-state index contributed by atoms with van der Waals surface area (Å²) in [6.07, 6.45) is 4.46. The molecule has 0 aliphatic heterocycles. The maximum atomic E-state index is 10.1. The van der Waals surface area contributed by atoms with Crippen LogP contribution in [0.15, 0.2) is 22.5 Å². The molecule has 0 amide bonds. The van der Waals surface area contributed by atoms with Crippen molar-refractivity contribution in [2.75, 3.05) is 18.9 Å². The Bertz CT molecular complexity index is 780. The van der Waals surface area contributed by atoms with E-state index < -0.39 is 0 Å². The van der Waals surface area contributed by atoms with Gasteiger partial charge in [0.1, 0.15) is 5.78 Å². The van der Waals surface area contributed by atoms with Crippen LogP contribution in [0.25, 0.3) is 0 Å². The summed E-state index contributed by atoms with van der Waals surface area (Å²) in [5.41, 5.74) is 6.09. The van der Waals surface area contributed by atoms with Crippen molar-refractivity contribution in [1.29, 1.82) is 0 Å². The highest BCUT2D eigenvalue weighted by Gasteiger charge is 2.08. The zero-order valence-electron chi connectivity index (χ0n) is 17.9. The fraction of sp³-hybridized carbons (Fsp3) is 0.522. The van der Waals surface area contributed by atoms with Crippen molar-refractivity contribution in [1.82, 2.24) is 9.88 Å². The number of hydrogen-bond acceptors (Lipinski definition) is 4. The van der Waals surface area contributed by atoms with Crippen molar-refractivity contribution in [2.24, 2.45) is 4.99 Å². The van der Waals surface area contributed by atoms with Gasteiger partial charge in [0.2, 0.25) is 0 Å². The van der Waals surface area contributed by atoms with Gasteiger partial charge in [0.25, 0.3) is 0 Å². The first kappa shape index (κ1) is 27.5. The van der Waals surface area contributed by atoms with Crippen LogP contribution in [0.2, 0.25) is 0 Å². The smallest absolute Gasteiger partial charge is 0.143 e. The topological polar surface area (TPSA) is 45.6 Å². The number of halogens is 1. The second kappa shape index (κ2) is 14.5. The molecule has 0 atom stereocenters. The average molecular weight is 483 g/mol. The number of benzene rings is 1. The first-order chi connectivity index (χ1) is 13.3. The van der Waals surface area contributed by atoms with Crippen molar-refractivity contribution >= 4 is 45.1 Å². The van der Waals surface area contributed by atoms with E-state index in [4.69, 9.17) is 0 Å². The number of hydrogen-bond donors (Lipinski definition) is 0. The molecule has 0 aliphatic carbocycles. The van der Waals surface area contributed by atoms with Crippen LogP contribution in [0.1, 0.15) is 62.0 Å². The van der Waals surface area contributed by atoms with Gasteiger partial charge < -0.3 is 4.90 Å². The molecule has 0 unspecified atom stereocenters. The lowest BCUT2D eigenvalue weighted by Crippen LogP contribution is -2.14. The molecule has 4 nitrogen and oxygen atoms in total. The Morgan fingerprint density at radius 2 is 1.93 bits per heavy atom. The van der Waals surface area contributed by atoms with Crippen LogP contribution < -0.4 is 0 Å². The minimum atomic E-state index is 0. The van der Waals surface area contributed by atoms with E-state index in [1.54, 1.807) is 11.3 Å². The molecule has 0 saturated heterocycles. The van der Waals surface area contributed by atoms with E-state index in [1.807, 2.05) is 20.3 Å². The largest absolute Gasteiger partial charge is 0.366 e. The Balaban J connectivity index is 0.000000981. The molecule has 0 bridgehead atoms. The Kier molecular flexibility index (Phi) is 13.7. The van der Waals surface area contributed by atoms with E-state index in [0.29, 0.717) is 11.8 Å². The maximum absolute atomic E-state index is 10.1. The fourth-order valence-electron chi connectivity index (χ4n) is 2.28. The van der Waals surface area contributed by atoms with Gasteiger partial charge in [0.05, 0.1) is 28.1 Å². The van der Waals surface area contributed by atoms with E-state index in [0.717, 1.165) is 25.1 Å². The summed E-state index contributed by atoms with van der Waals surface area (Å²) < 4.78 is 0. The van der Waals surface area contributed by atoms with Crippen LogP contribution in [-0.4, -0.2) is 40.9 Å². The summed E-state index contributed by atoms with van der Waals surface area (Å²) in [6.45, 7) is 11.4. The van der Waals surface area contributed by atoms with E-state index in [2.05, 4.69) is 76.0 Å². The molecule has 0 saturated carbocycles. The van der Waals surface area contributed by atoms with Gasteiger partial charge in [-0.25, -0.2) is 9.98 Å². The van der Waals surface area contributed by atoms with Gasteiger partial charge in [-0.05, 0) is 49.9 Å². The third kappa shape index (κ3) is 9.68. The highest BCUT2D eigenvalue weighted by Crippen LogP contribution is 2.25. The van der Waals surface area contributed by atoms with Crippen molar-refractivity contribution in [2.45, 2.75) is 61.3 Å². The van der Waals surface area contributed by atoms with E-state index >= 15 is 0 Å². The predicted molar refractivity (Wildman–Crippen MR) is 132 cm³/mol. The minimum Gasteiger partial charge on any atom is -0.366 e. The number of nitrogens with zero attached hydrogens (tertiary/aromatic N) is 3. The first-order valence-corrected chi connectivity index (χ1v) is 11.7. The molecule has 0 radical (unpaired) electrons. The predicted octanol–water partition coefficient (Wildman–Crippen LogP) is 6.52. The first-order valence-electron chi connectivity index (χ1n) is 9.69. The summed E-state index contributed by atoms with van der Waals surface area (Å²) in [7, 11) is 2.04. The van der Waals surface area contributed by atoms with Crippen molar-refractivity contribution in [3.8, 4) is 0 Å². The highest BCUT2D eigenvalue weighted by atomic mass is 79.9. The standard InChI is InChI=1S/C18H25N3S.C4H7BrO.CH4/c1-6-16-11-22-18(20-16)10-15-8-14(4)17(9-13(15)3)19-12-21(5)7-2;1-2-4(6)3-5;/h8-9,11-12H,6-7,10H2,1-5H3;2-3H2,1H3;1H4. The highest BCUT2D eigenvalue weighted by molar-refractivity contribution is 9.09. The summed E-state index contributed by atoms with van der Waals surface area (Å²) in [4.78, 5) is 21.5. The molecule has 0 aliphatic rings. The maximum Gasteiger partial charge on any atom is 0.143 e. The lowest BCUT2D eigenvalue weighted by molar-refractivity contribution is -0.116. The number of aryl methyl sites for hydroxylation is 3. The number of aromatic nitrogens is 1. The van der Waals surface area contributed by atoms with Gasteiger partial charge in [-0.15, -0.1) is 11.3 Å². The van der Waals surface area contributed by atoms with Crippen LogP contribution in [-0.2, 0) is 17.6 Å². The van der Waals surface area contributed by atoms with Crippen molar-refractivity contribution in [3.05, 3.63) is 44.9 Å². The Morgan fingerprint density at radius 1 is 1.24 bits per heavy atom. The fourth-order valence-corrected chi connectivity index (χ4v) is 3.58. The monoisotopic (exact) mass is 481 g/mol. The zero-order chi connectivity index (χ0) is 21.1. The number of carbonyl (C=O) groups excluding carboxylic acids is 1. The summed E-state index contributed by atoms with van der Waals surface area (Å²) >= 11 is 4.78. The lowest BCUT2D eigenvalue weighted by atomic mass is 10.0. The summed E-state index contributed by atoms with van der Waals surface area (Å²) in [5.74, 6) is 0.259. The molecule has 0 N–H and O–H groups in total. The Morgan fingerprint density at radius 3 is 2.41 bits per heavy atom. The van der Waals surface area contributed by atoms with Crippen LogP contribution in [0, 0.1) is 13.8 Å². The van der Waals surface area contributed by atoms with Gasteiger partial charge >= 0.3 is 0 Å². The van der Waals surface area contributed by atoms with Crippen molar-refractivity contribution < 1.29 is 4.79 Å². The lowest BCUT2D eigenvalue weighted by Gasteiger charge is -2.11. The van der Waals surface area contributed by atoms with Crippen molar-refractivity contribution in [3.63, 3.8) is 0 Å². The molecule has 0 fully saturated rings. The number of carbonyl (C=O) groups is 1. The number of aliphatic imine (C=N–C) groups is 1. The number of ketones is 1. The van der Waals surface area contributed by atoms with E-state index in [-0.39, 0.29) is 13.2 Å². The molecule has 6 heteroatoms. The molecular formula is C23H36BrN3OS. The number of Topliss-reactive ketones (excluding diaryl/α,β-unsaturated/α-hetero) is 1. The van der Waals surface area contributed by atoms with Crippen LogP contribution in [0.4, 0.5) is 5.69 Å². The number of alkyl halides is 1. The van der Waals surface area contributed by atoms with Gasteiger partial charge in [-0.2, -0.15) is 0 Å². The summed E-state index contributed by atoms with van der Waals surface area (Å²) in [5, 5.41) is 3.86. The molecule has 0 spiro atoms. The van der Waals surface area contributed by atoms with E-state index in [9.17, 15) is 4.79 Å². The zero-order valence-corrected chi connectivity index (χ0v) is 20.3. The second-order valence-corrected chi connectivity index (χ2v) is 8.18. The SMILES string of the molecule is C.CCC(=O)CBr.CCc1csc(Cc2cc(C)c(N=CN(C)CC)cc2C)n1. The van der Waals surface area contributed by atoms with Crippen LogP contribution in [0.5, 0.6) is 0 Å². The third-order valence-electron chi connectivity index (χ3n) is 4.39. The molecular weight excluding hydrogens is 446 g/mol. The molecule has 2 aromatic rings. The van der Waals surface area contributed by atoms with Crippen LogP contribution in [0.3, 0.4) is 0 Å². The quantitative estimate of drug-likeness (QED) is 0.244. The average Bonchev–Trinajstić information content (AvgIpc) is 3.16. The Labute approximate surface area is 189 Å². The van der Waals surface area contributed by atoms with Crippen LogP contribution >= 0.6 is 27.3 Å². The second-order valence-electron chi connectivity index (χ2n) is 6.67. The third-order valence-corrected chi connectivity index (χ3v) is 5.92. The van der Waals surface area contributed by atoms with Gasteiger partial charge in [-0.3, -0.25) is 4.79 Å². The van der Waals surface area contributed by atoms with E-state index in [1.165, 1.54) is 27.4 Å². The molecule has 1 aromatic carbocycles. The molecule has 1 heterocycles. The normalized spacial score (nSPS) is 10.3. The molecule has 2 rings (SSSR count). The number of thiazole rings is 1. The van der Waals surface area contributed by atoms with Gasteiger partial charge in [0, 0.05) is 31.8 Å². The summed E-state index contributed by atoms with van der Waals surface area (Å²) in [6, 6.07) is 4.43. The molecule has 1 aromatic heterocycles. The number of rotatable bonds is 8. The van der Waals surface area contributed by atoms with Gasteiger partial charge in [-0.1, -0.05) is 43.3 Å². The molecule has 29 heavy (non-hydrogen) atoms. The Hall–Kier alpha value is -1.53. The minimum absolute atomic E-state index is 0.